The highest BCUT2D eigenvalue weighted by Crippen LogP contribution is 2.24. The molecule has 1 nitrogen and oxygen atoms in total. The molecule has 0 aliphatic rings. The molecule has 0 amide bonds. The maximum atomic E-state index is 4.50. The fourth-order valence-electron chi connectivity index (χ4n) is 1.95. The lowest BCUT2D eigenvalue weighted by molar-refractivity contribution is 1.48. The van der Waals surface area contributed by atoms with Gasteiger partial charge >= 0.3 is 0 Å². The van der Waals surface area contributed by atoms with E-state index in [9.17, 15) is 0 Å². The SMILES string of the molecule is CN.c1ccc2c(c1)ccc1ccccc12. The Bertz CT molecular complexity index is 544. The van der Waals surface area contributed by atoms with Gasteiger partial charge in [-0.3, -0.25) is 0 Å². The summed E-state index contributed by atoms with van der Waals surface area (Å²) in [6.45, 7) is 0. The van der Waals surface area contributed by atoms with Crippen molar-refractivity contribution < 1.29 is 0 Å². The third kappa shape index (κ3) is 1.77. The standard InChI is InChI=1S/C14H10.CH5N/c1-3-7-13-11(5-1)9-10-12-6-2-4-8-14(12)13;1-2/h1-10H;2H2,1H3. The van der Waals surface area contributed by atoms with E-state index in [-0.39, 0.29) is 0 Å². The molecular weight excluding hydrogens is 194 g/mol. The minimum atomic E-state index is 1.31. The van der Waals surface area contributed by atoms with E-state index in [4.69, 9.17) is 0 Å². The van der Waals surface area contributed by atoms with E-state index in [1.54, 1.807) is 0 Å². The van der Waals surface area contributed by atoms with Crippen LogP contribution in [0, 0.1) is 0 Å². The smallest absolute Gasteiger partial charge is 0.0105 e. The highest BCUT2D eigenvalue weighted by molar-refractivity contribution is 6.07. The Morgan fingerprint density at radius 2 is 0.938 bits per heavy atom. The van der Waals surface area contributed by atoms with Crippen LogP contribution in [0.2, 0.25) is 0 Å². The maximum absolute atomic E-state index is 4.50. The number of hydrogen-bond donors (Lipinski definition) is 1. The molecule has 0 saturated heterocycles. The molecule has 0 bridgehead atoms. The van der Waals surface area contributed by atoms with Crippen molar-refractivity contribution in [2.45, 2.75) is 0 Å². The minimum Gasteiger partial charge on any atom is -0.333 e. The number of fused-ring (bicyclic) bond motifs is 3. The average Bonchev–Trinajstić information content (AvgIpc) is 2.41. The summed E-state index contributed by atoms with van der Waals surface area (Å²) < 4.78 is 0. The van der Waals surface area contributed by atoms with Crippen LogP contribution in [0.5, 0.6) is 0 Å². The van der Waals surface area contributed by atoms with Crippen molar-refractivity contribution in [2.24, 2.45) is 5.73 Å². The van der Waals surface area contributed by atoms with Gasteiger partial charge < -0.3 is 5.73 Å². The molecule has 0 atom stereocenters. The summed E-state index contributed by atoms with van der Waals surface area (Å²) in [5, 5.41) is 5.30. The first-order valence-electron chi connectivity index (χ1n) is 5.39. The second-order valence-electron chi connectivity index (χ2n) is 3.51. The van der Waals surface area contributed by atoms with Crippen LogP contribution in [-0.2, 0) is 0 Å². The predicted molar refractivity (Wildman–Crippen MR) is 71.6 cm³/mol. The number of benzene rings is 3. The van der Waals surface area contributed by atoms with E-state index in [0.717, 1.165) is 0 Å². The molecule has 0 radical (unpaired) electrons. The Balaban J connectivity index is 0.000000457. The lowest BCUT2D eigenvalue weighted by Crippen LogP contribution is -1.75. The lowest BCUT2D eigenvalue weighted by atomic mass is 10.0. The van der Waals surface area contributed by atoms with Gasteiger partial charge in [0.2, 0.25) is 0 Å². The van der Waals surface area contributed by atoms with Gasteiger partial charge in [-0.05, 0) is 28.6 Å². The molecule has 80 valence electrons. The van der Waals surface area contributed by atoms with Crippen molar-refractivity contribution in [1.82, 2.24) is 0 Å². The van der Waals surface area contributed by atoms with E-state index in [1.807, 2.05) is 0 Å². The first-order valence-corrected chi connectivity index (χ1v) is 5.39. The molecular formula is C15H15N. The molecule has 0 heterocycles. The maximum Gasteiger partial charge on any atom is -0.0105 e. The van der Waals surface area contributed by atoms with E-state index < -0.39 is 0 Å². The van der Waals surface area contributed by atoms with Gasteiger partial charge in [-0.15, -0.1) is 0 Å². The van der Waals surface area contributed by atoms with E-state index >= 15 is 0 Å². The summed E-state index contributed by atoms with van der Waals surface area (Å²) in [4.78, 5) is 0. The van der Waals surface area contributed by atoms with Gasteiger partial charge in [-0.2, -0.15) is 0 Å². The van der Waals surface area contributed by atoms with Crippen LogP contribution in [0.1, 0.15) is 0 Å². The zero-order valence-corrected chi connectivity index (χ0v) is 9.35. The molecule has 2 N–H and O–H groups in total. The van der Waals surface area contributed by atoms with Crippen molar-refractivity contribution in [1.29, 1.82) is 0 Å². The third-order valence-corrected chi connectivity index (χ3v) is 2.65. The monoisotopic (exact) mass is 209 g/mol. The van der Waals surface area contributed by atoms with Gasteiger partial charge in [0.05, 0.1) is 0 Å². The second-order valence-corrected chi connectivity index (χ2v) is 3.51. The van der Waals surface area contributed by atoms with Crippen molar-refractivity contribution in [3.8, 4) is 0 Å². The van der Waals surface area contributed by atoms with E-state index in [1.165, 1.54) is 28.6 Å². The summed E-state index contributed by atoms with van der Waals surface area (Å²) in [6, 6.07) is 21.4. The molecule has 3 aromatic rings. The number of nitrogens with two attached hydrogens (primary N) is 1. The van der Waals surface area contributed by atoms with Crippen molar-refractivity contribution in [2.75, 3.05) is 7.05 Å². The average molecular weight is 209 g/mol. The molecule has 3 aromatic carbocycles. The molecule has 16 heavy (non-hydrogen) atoms. The predicted octanol–water partition coefficient (Wildman–Crippen LogP) is 3.57. The molecule has 1 heteroatoms. The van der Waals surface area contributed by atoms with Gasteiger partial charge in [0.15, 0.2) is 0 Å². The lowest BCUT2D eigenvalue weighted by Gasteiger charge is -2.02. The molecule has 0 aliphatic heterocycles. The molecule has 0 aliphatic carbocycles. The first kappa shape index (κ1) is 10.7. The number of rotatable bonds is 0. The molecule has 0 aromatic heterocycles. The summed E-state index contributed by atoms with van der Waals surface area (Å²) in [5.74, 6) is 0. The Labute approximate surface area is 95.5 Å². The van der Waals surface area contributed by atoms with Crippen LogP contribution < -0.4 is 5.73 Å². The molecule has 0 spiro atoms. The van der Waals surface area contributed by atoms with Crippen LogP contribution in [0.15, 0.2) is 60.7 Å². The fraction of sp³-hybridized carbons (Fsp3) is 0.0667. The van der Waals surface area contributed by atoms with Crippen LogP contribution in [0.25, 0.3) is 21.5 Å². The Morgan fingerprint density at radius 1 is 0.562 bits per heavy atom. The second kappa shape index (κ2) is 4.77. The zero-order chi connectivity index (χ0) is 11.4. The molecule has 0 unspecified atom stereocenters. The largest absolute Gasteiger partial charge is 0.333 e. The van der Waals surface area contributed by atoms with Crippen molar-refractivity contribution in [3.63, 3.8) is 0 Å². The van der Waals surface area contributed by atoms with Gasteiger partial charge in [-0.25, -0.2) is 0 Å². The Morgan fingerprint density at radius 3 is 1.38 bits per heavy atom. The van der Waals surface area contributed by atoms with Crippen LogP contribution >= 0.6 is 0 Å². The summed E-state index contributed by atoms with van der Waals surface area (Å²) in [7, 11) is 1.50. The van der Waals surface area contributed by atoms with Crippen LogP contribution in [-0.4, -0.2) is 7.05 Å². The Hall–Kier alpha value is -1.86. The van der Waals surface area contributed by atoms with Gasteiger partial charge in [0, 0.05) is 0 Å². The first-order chi connectivity index (χ1) is 7.95. The van der Waals surface area contributed by atoms with E-state index in [0.29, 0.717) is 0 Å². The quantitative estimate of drug-likeness (QED) is 0.563. The topological polar surface area (TPSA) is 26.0 Å². The summed E-state index contributed by atoms with van der Waals surface area (Å²) in [5.41, 5.74) is 4.50. The molecule has 0 saturated carbocycles. The molecule has 3 rings (SSSR count). The normalized spacial score (nSPS) is 9.88. The number of hydrogen-bond acceptors (Lipinski definition) is 1. The minimum absolute atomic E-state index is 1.31. The Kier molecular flexibility index (Phi) is 3.18. The summed E-state index contributed by atoms with van der Waals surface area (Å²) in [6.07, 6.45) is 0. The molecule has 0 fully saturated rings. The van der Waals surface area contributed by atoms with Crippen LogP contribution in [0.4, 0.5) is 0 Å². The zero-order valence-electron chi connectivity index (χ0n) is 9.35. The van der Waals surface area contributed by atoms with Crippen molar-refractivity contribution in [3.05, 3.63) is 60.7 Å². The van der Waals surface area contributed by atoms with Crippen molar-refractivity contribution >= 4 is 21.5 Å². The summed E-state index contributed by atoms with van der Waals surface area (Å²) >= 11 is 0. The van der Waals surface area contributed by atoms with Crippen LogP contribution in [0.3, 0.4) is 0 Å². The highest BCUT2D eigenvalue weighted by atomic mass is 14.4. The third-order valence-electron chi connectivity index (χ3n) is 2.65. The van der Waals surface area contributed by atoms with Gasteiger partial charge in [0.1, 0.15) is 0 Å². The fourth-order valence-corrected chi connectivity index (χ4v) is 1.95. The van der Waals surface area contributed by atoms with Gasteiger partial charge in [0.25, 0.3) is 0 Å². The highest BCUT2D eigenvalue weighted by Gasteiger charge is 1.97. The van der Waals surface area contributed by atoms with Gasteiger partial charge in [-0.1, -0.05) is 60.7 Å². The van der Waals surface area contributed by atoms with E-state index in [2.05, 4.69) is 66.4 Å².